The smallest absolute Gasteiger partial charge is 0.216 e. The van der Waals surface area contributed by atoms with E-state index in [0.717, 1.165) is 35.5 Å². The van der Waals surface area contributed by atoms with Gasteiger partial charge in [0.05, 0.1) is 17.0 Å². The van der Waals surface area contributed by atoms with Crippen LogP contribution >= 0.6 is 11.3 Å². The number of aryl methyl sites for hydroxylation is 1. The van der Waals surface area contributed by atoms with Gasteiger partial charge in [-0.25, -0.2) is 9.97 Å². The summed E-state index contributed by atoms with van der Waals surface area (Å²) in [6.45, 7) is 3.50. The molecule has 3 heterocycles. The molecular formula is C16H21N7OS. The molecule has 8 nitrogen and oxygen atoms in total. The second-order valence-corrected chi connectivity index (χ2v) is 6.43. The van der Waals surface area contributed by atoms with Gasteiger partial charge in [-0.05, 0) is 19.1 Å². The Kier molecular flexibility index (Phi) is 5.78. The summed E-state index contributed by atoms with van der Waals surface area (Å²) >= 11 is 1.67. The highest BCUT2D eigenvalue weighted by Gasteiger charge is 2.08. The molecule has 9 heteroatoms. The molecule has 3 aromatic heterocycles. The highest BCUT2D eigenvalue weighted by atomic mass is 32.1. The van der Waals surface area contributed by atoms with E-state index in [1.807, 2.05) is 19.1 Å². The third-order valence-electron chi connectivity index (χ3n) is 3.49. The van der Waals surface area contributed by atoms with Crippen LogP contribution in [0.25, 0.3) is 11.6 Å². The number of aromatic nitrogens is 4. The van der Waals surface area contributed by atoms with Gasteiger partial charge in [0.25, 0.3) is 0 Å². The van der Waals surface area contributed by atoms with Crippen molar-refractivity contribution in [1.82, 2.24) is 30.8 Å². The summed E-state index contributed by atoms with van der Waals surface area (Å²) in [4.78, 5) is 13.1. The van der Waals surface area contributed by atoms with Crippen LogP contribution in [-0.4, -0.2) is 46.3 Å². The number of hydrogen-bond donors (Lipinski definition) is 3. The fourth-order valence-electron chi connectivity index (χ4n) is 2.28. The van der Waals surface area contributed by atoms with Crippen LogP contribution in [-0.2, 0) is 12.8 Å². The van der Waals surface area contributed by atoms with Crippen LogP contribution < -0.4 is 10.6 Å². The molecule has 0 saturated heterocycles. The van der Waals surface area contributed by atoms with E-state index in [-0.39, 0.29) is 0 Å². The number of thiazole rings is 1. The molecule has 0 atom stereocenters. The zero-order chi connectivity index (χ0) is 17.5. The standard InChI is InChI=1S/C16H21N7OS/c1-11-20-12(10-25-11)5-7-18-16(17-2)19-8-6-14-21-15(23-22-14)13-4-3-9-24-13/h3-4,9-10H,5-8H2,1-2H3,(H2,17,18,19)(H,21,22,23). The van der Waals surface area contributed by atoms with Gasteiger partial charge in [0, 0.05) is 38.4 Å². The molecule has 0 saturated carbocycles. The Morgan fingerprint density at radius 3 is 2.80 bits per heavy atom. The summed E-state index contributed by atoms with van der Waals surface area (Å²) in [5.74, 6) is 2.79. The molecule has 3 aromatic rings. The van der Waals surface area contributed by atoms with Gasteiger partial charge in [0.15, 0.2) is 11.7 Å². The lowest BCUT2D eigenvalue weighted by atomic mass is 10.3. The first kappa shape index (κ1) is 17.2. The number of aromatic amines is 1. The third kappa shape index (κ3) is 4.90. The molecule has 132 valence electrons. The van der Waals surface area contributed by atoms with E-state index in [1.54, 1.807) is 24.6 Å². The van der Waals surface area contributed by atoms with Crippen molar-refractivity contribution in [2.75, 3.05) is 20.1 Å². The highest BCUT2D eigenvalue weighted by molar-refractivity contribution is 7.09. The number of nitrogens with one attached hydrogen (secondary N) is 3. The van der Waals surface area contributed by atoms with Crippen molar-refractivity contribution in [3.8, 4) is 11.6 Å². The van der Waals surface area contributed by atoms with Crippen LogP contribution in [0.15, 0.2) is 33.2 Å². The van der Waals surface area contributed by atoms with Crippen molar-refractivity contribution >= 4 is 17.3 Å². The monoisotopic (exact) mass is 359 g/mol. The number of furan rings is 1. The van der Waals surface area contributed by atoms with E-state index in [2.05, 4.69) is 41.2 Å². The number of H-pyrrole nitrogens is 1. The number of aliphatic imine (C=N–C) groups is 1. The van der Waals surface area contributed by atoms with Crippen molar-refractivity contribution in [1.29, 1.82) is 0 Å². The van der Waals surface area contributed by atoms with Gasteiger partial charge in [0.2, 0.25) is 5.82 Å². The molecule has 25 heavy (non-hydrogen) atoms. The van der Waals surface area contributed by atoms with Gasteiger partial charge in [0.1, 0.15) is 5.82 Å². The molecule has 0 aliphatic carbocycles. The number of nitrogens with zero attached hydrogens (tertiary/aromatic N) is 4. The quantitative estimate of drug-likeness (QED) is 0.439. The number of rotatable bonds is 7. The summed E-state index contributed by atoms with van der Waals surface area (Å²) < 4.78 is 5.28. The average molecular weight is 359 g/mol. The lowest BCUT2D eigenvalue weighted by Crippen LogP contribution is -2.39. The second-order valence-electron chi connectivity index (χ2n) is 5.37. The molecule has 3 N–H and O–H groups in total. The molecule has 0 aliphatic heterocycles. The van der Waals surface area contributed by atoms with Crippen LogP contribution in [0.4, 0.5) is 0 Å². The van der Waals surface area contributed by atoms with E-state index in [0.29, 0.717) is 24.6 Å². The first-order valence-corrected chi connectivity index (χ1v) is 8.93. The van der Waals surface area contributed by atoms with Gasteiger partial charge >= 0.3 is 0 Å². The predicted octanol–water partition coefficient (Wildman–Crippen LogP) is 1.78. The maximum Gasteiger partial charge on any atom is 0.216 e. The minimum Gasteiger partial charge on any atom is -0.461 e. The maximum atomic E-state index is 5.28. The average Bonchev–Trinajstić information content (AvgIpc) is 3.35. The Balaban J connectivity index is 1.39. The SMILES string of the molecule is CN=C(NCCc1csc(C)n1)NCCc1nc(-c2ccco2)n[nH]1. The summed E-state index contributed by atoms with van der Waals surface area (Å²) in [6.07, 6.45) is 3.19. The molecule has 0 fully saturated rings. The minimum absolute atomic E-state index is 0.570. The number of hydrogen-bond acceptors (Lipinski definition) is 6. The highest BCUT2D eigenvalue weighted by Crippen LogP contribution is 2.14. The minimum atomic E-state index is 0.570. The van der Waals surface area contributed by atoms with E-state index >= 15 is 0 Å². The third-order valence-corrected chi connectivity index (χ3v) is 4.31. The van der Waals surface area contributed by atoms with E-state index in [4.69, 9.17) is 4.42 Å². The summed E-state index contributed by atoms with van der Waals surface area (Å²) in [6, 6.07) is 3.65. The van der Waals surface area contributed by atoms with Gasteiger partial charge in [-0.3, -0.25) is 10.1 Å². The molecule has 0 radical (unpaired) electrons. The van der Waals surface area contributed by atoms with Crippen molar-refractivity contribution < 1.29 is 4.42 Å². The van der Waals surface area contributed by atoms with Crippen molar-refractivity contribution in [2.45, 2.75) is 19.8 Å². The molecule has 0 unspecified atom stereocenters. The van der Waals surface area contributed by atoms with E-state index < -0.39 is 0 Å². The van der Waals surface area contributed by atoms with Crippen LogP contribution in [0.3, 0.4) is 0 Å². The molecule has 3 rings (SSSR count). The van der Waals surface area contributed by atoms with Crippen LogP contribution in [0.1, 0.15) is 16.5 Å². The maximum absolute atomic E-state index is 5.28. The van der Waals surface area contributed by atoms with Gasteiger partial charge in [-0.2, -0.15) is 5.10 Å². The Morgan fingerprint density at radius 2 is 2.12 bits per heavy atom. The fourth-order valence-corrected chi connectivity index (χ4v) is 2.92. The predicted molar refractivity (Wildman–Crippen MR) is 97.7 cm³/mol. The fraction of sp³-hybridized carbons (Fsp3) is 0.375. The zero-order valence-electron chi connectivity index (χ0n) is 14.2. The number of guanidine groups is 1. The van der Waals surface area contributed by atoms with Gasteiger partial charge in [-0.15, -0.1) is 11.3 Å². The van der Waals surface area contributed by atoms with E-state index in [1.165, 1.54) is 0 Å². The van der Waals surface area contributed by atoms with Crippen molar-refractivity contribution in [3.05, 3.63) is 40.3 Å². The Hall–Kier alpha value is -2.68. The zero-order valence-corrected chi connectivity index (χ0v) is 15.1. The lowest BCUT2D eigenvalue weighted by molar-refractivity contribution is 0.577. The topological polar surface area (TPSA) is 104 Å². The molecule has 0 aliphatic rings. The van der Waals surface area contributed by atoms with Crippen molar-refractivity contribution in [2.24, 2.45) is 4.99 Å². The summed E-state index contributed by atoms with van der Waals surface area (Å²) in [5, 5.41) is 16.8. The summed E-state index contributed by atoms with van der Waals surface area (Å²) in [5.41, 5.74) is 1.11. The van der Waals surface area contributed by atoms with E-state index in [9.17, 15) is 0 Å². The lowest BCUT2D eigenvalue weighted by Gasteiger charge is -2.10. The molecule has 0 amide bonds. The van der Waals surface area contributed by atoms with Gasteiger partial charge in [-0.1, -0.05) is 0 Å². The molecule has 0 spiro atoms. The first-order valence-electron chi connectivity index (χ1n) is 8.05. The Bertz CT molecular complexity index is 806. The summed E-state index contributed by atoms with van der Waals surface area (Å²) in [7, 11) is 1.76. The molecular weight excluding hydrogens is 338 g/mol. The Morgan fingerprint density at radius 1 is 1.28 bits per heavy atom. The second kappa shape index (κ2) is 8.43. The molecule has 0 aromatic carbocycles. The van der Waals surface area contributed by atoms with Crippen LogP contribution in [0.2, 0.25) is 0 Å². The largest absolute Gasteiger partial charge is 0.461 e. The Labute approximate surface area is 149 Å². The van der Waals surface area contributed by atoms with Crippen LogP contribution in [0, 0.1) is 6.92 Å². The van der Waals surface area contributed by atoms with Crippen molar-refractivity contribution in [3.63, 3.8) is 0 Å². The van der Waals surface area contributed by atoms with Gasteiger partial charge < -0.3 is 15.1 Å². The normalized spacial score (nSPS) is 11.7. The molecule has 0 bridgehead atoms. The van der Waals surface area contributed by atoms with Crippen LogP contribution in [0.5, 0.6) is 0 Å². The first-order chi connectivity index (χ1) is 12.2.